The Kier molecular flexibility index (Phi) is 9.70. The van der Waals surface area contributed by atoms with E-state index in [1.807, 2.05) is 75.7 Å². The van der Waals surface area contributed by atoms with Crippen LogP contribution < -0.4 is 15.4 Å². The van der Waals surface area contributed by atoms with Crippen LogP contribution in [0.3, 0.4) is 0 Å². The van der Waals surface area contributed by atoms with Gasteiger partial charge in [0.15, 0.2) is 11.8 Å². The molecule has 1 heterocycles. The molecule has 8 heteroatoms. The molecule has 178 valence electrons. The molecular formula is C25H35IN6O. The number of ether oxygens (including phenoxy) is 1. The summed E-state index contributed by atoms with van der Waals surface area (Å²) in [6.07, 6.45) is 0. The van der Waals surface area contributed by atoms with Crippen LogP contribution in [0.5, 0.6) is 5.75 Å². The van der Waals surface area contributed by atoms with Crippen molar-refractivity contribution in [3.8, 4) is 5.75 Å². The molecule has 1 aromatic heterocycles. The van der Waals surface area contributed by atoms with Crippen LogP contribution in [0.25, 0.3) is 0 Å². The van der Waals surface area contributed by atoms with Crippen LogP contribution in [0, 0.1) is 6.92 Å². The lowest BCUT2D eigenvalue weighted by atomic mass is 10.1. The van der Waals surface area contributed by atoms with Crippen molar-refractivity contribution >= 4 is 29.9 Å². The van der Waals surface area contributed by atoms with Crippen molar-refractivity contribution in [2.75, 3.05) is 0 Å². The predicted molar refractivity (Wildman–Crippen MR) is 144 cm³/mol. The van der Waals surface area contributed by atoms with E-state index in [0.717, 1.165) is 23.0 Å². The minimum absolute atomic E-state index is 0. The molecular weight excluding hydrogens is 527 g/mol. The van der Waals surface area contributed by atoms with Gasteiger partial charge in [-0.05, 0) is 46.2 Å². The van der Waals surface area contributed by atoms with Crippen molar-refractivity contribution in [3.05, 3.63) is 77.4 Å². The lowest BCUT2D eigenvalue weighted by Gasteiger charge is -2.23. The number of hydrogen-bond acceptors (Lipinski definition) is 4. The predicted octanol–water partition coefficient (Wildman–Crippen LogP) is 4.92. The van der Waals surface area contributed by atoms with Crippen LogP contribution >= 0.6 is 24.0 Å². The minimum atomic E-state index is -0.274. The molecule has 0 radical (unpaired) electrons. The topological polar surface area (TPSA) is 76.4 Å². The second-order valence-electron chi connectivity index (χ2n) is 8.84. The summed E-state index contributed by atoms with van der Waals surface area (Å²) in [5.41, 5.74) is 1.95. The molecule has 1 unspecified atom stereocenters. The summed E-state index contributed by atoms with van der Waals surface area (Å²) in [6.45, 7) is 11.2. The average molecular weight is 563 g/mol. The lowest BCUT2D eigenvalue weighted by Crippen LogP contribution is -2.39. The van der Waals surface area contributed by atoms with E-state index < -0.39 is 0 Å². The first-order valence-corrected chi connectivity index (χ1v) is 10.9. The molecule has 3 rings (SSSR count). The highest BCUT2D eigenvalue weighted by atomic mass is 127. The van der Waals surface area contributed by atoms with Crippen LogP contribution in [0.4, 0.5) is 0 Å². The first-order valence-electron chi connectivity index (χ1n) is 10.9. The molecule has 0 saturated carbocycles. The van der Waals surface area contributed by atoms with E-state index in [4.69, 9.17) is 9.73 Å². The number of hydrogen-bond donors (Lipinski definition) is 2. The summed E-state index contributed by atoms with van der Waals surface area (Å²) in [5.74, 6) is 3.27. The second kappa shape index (κ2) is 12.0. The molecule has 1 atom stereocenters. The number of para-hydroxylation sites is 1. The van der Waals surface area contributed by atoms with E-state index in [1.165, 1.54) is 5.56 Å². The number of guanidine groups is 1. The van der Waals surface area contributed by atoms with Crippen LogP contribution in [-0.2, 0) is 20.1 Å². The van der Waals surface area contributed by atoms with Gasteiger partial charge in [-0.2, -0.15) is 0 Å². The van der Waals surface area contributed by atoms with E-state index in [-0.39, 0.29) is 35.6 Å². The molecule has 0 amide bonds. The fourth-order valence-corrected chi connectivity index (χ4v) is 3.18. The summed E-state index contributed by atoms with van der Waals surface area (Å²) >= 11 is 0. The quantitative estimate of drug-likeness (QED) is 0.243. The smallest absolute Gasteiger partial charge is 0.192 e. The van der Waals surface area contributed by atoms with Gasteiger partial charge in [0.2, 0.25) is 0 Å². The number of nitrogens with one attached hydrogen (secondary N) is 2. The highest BCUT2D eigenvalue weighted by molar-refractivity contribution is 14.0. The van der Waals surface area contributed by atoms with Gasteiger partial charge in [-0.3, -0.25) is 0 Å². The fraction of sp³-hybridized carbons (Fsp3) is 0.400. The van der Waals surface area contributed by atoms with Gasteiger partial charge in [-0.25, -0.2) is 4.99 Å². The Morgan fingerprint density at radius 2 is 1.73 bits per heavy atom. The standard InChI is InChI=1S/C25H34N6O.HI/c1-18(20-12-8-7-9-13-20)28-24(27-17-23-30-29-19(2)31(23)6)26-16-21-14-10-11-15-22(21)32-25(3,4)5;/h7-15,18H,16-17H2,1-6H3,(H2,26,27,28);1H. The van der Waals surface area contributed by atoms with Crippen molar-refractivity contribution in [2.45, 2.75) is 59.4 Å². The average Bonchev–Trinajstić information content (AvgIpc) is 3.08. The summed E-state index contributed by atoms with van der Waals surface area (Å²) in [6, 6.07) is 18.4. The monoisotopic (exact) mass is 562 g/mol. The lowest BCUT2D eigenvalue weighted by molar-refractivity contribution is 0.129. The Labute approximate surface area is 214 Å². The zero-order valence-corrected chi connectivity index (χ0v) is 22.6. The van der Waals surface area contributed by atoms with Crippen molar-refractivity contribution in [1.82, 2.24) is 25.4 Å². The van der Waals surface area contributed by atoms with Gasteiger partial charge < -0.3 is 19.9 Å². The molecule has 0 bridgehead atoms. The number of aryl methyl sites for hydroxylation is 1. The number of halogens is 1. The Morgan fingerprint density at radius 3 is 2.36 bits per heavy atom. The molecule has 3 aromatic rings. The van der Waals surface area contributed by atoms with E-state index in [9.17, 15) is 0 Å². The number of aromatic nitrogens is 3. The Hall–Kier alpha value is -2.62. The Balaban J connectivity index is 0.00000385. The molecule has 0 aliphatic carbocycles. The second-order valence-corrected chi connectivity index (χ2v) is 8.84. The summed E-state index contributed by atoms with van der Waals surface area (Å²) in [5, 5.41) is 15.3. The number of rotatable bonds is 7. The van der Waals surface area contributed by atoms with Gasteiger partial charge in [0.1, 0.15) is 17.2 Å². The van der Waals surface area contributed by atoms with E-state index in [1.54, 1.807) is 0 Å². The molecule has 0 aliphatic rings. The largest absolute Gasteiger partial charge is 0.488 e. The molecule has 33 heavy (non-hydrogen) atoms. The van der Waals surface area contributed by atoms with Gasteiger partial charge >= 0.3 is 0 Å². The number of nitrogens with zero attached hydrogens (tertiary/aromatic N) is 4. The van der Waals surface area contributed by atoms with E-state index >= 15 is 0 Å². The van der Waals surface area contributed by atoms with Crippen molar-refractivity contribution < 1.29 is 4.74 Å². The molecule has 0 saturated heterocycles. The SMILES string of the molecule is Cc1nnc(CNC(=NCc2ccccc2OC(C)(C)C)NC(C)c2ccccc2)n1C.I. The van der Waals surface area contributed by atoms with Gasteiger partial charge in [-0.15, -0.1) is 34.2 Å². The van der Waals surface area contributed by atoms with Gasteiger partial charge in [0.05, 0.1) is 19.1 Å². The third-order valence-electron chi connectivity index (χ3n) is 5.05. The molecule has 2 aromatic carbocycles. The maximum Gasteiger partial charge on any atom is 0.192 e. The van der Waals surface area contributed by atoms with Gasteiger partial charge in [0, 0.05) is 12.6 Å². The molecule has 0 aliphatic heterocycles. The zero-order chi connectivity index (χ0) is 23.1. The molecule has 0 spiro atoms. The third-order valence-corrected chi connectivity index (χ3v) is 5.05. The fourth-order valence-electron chi connectivity index (χ4n) is 3.18. The summed E-state index contributed by atoms with van der Waals surface area (Å²) in [4.78, 5) is 4.86. The van der Waals surface area contributed by atoms with Crippen LogP contribution in [-0.4, -0.2) is 26.3 Å². The normalized spacial score (nSPS) is 12.6. The minimum Gasteiger partial charge on any atom is -0.488 e. The van der Waals surface area contributed by atoms with Crippen LogP contribution in [0.2, 0.25) is 0 Å². The first-order chi connectivity index (χ1) is 15.2. The van der Waals surface area contributed by atoms with Crippen LogP contribution in [0.1, 0.15) is 56.5 Å². The maximum atomic E-state index is 6.13. The van der Waals surface area contributed by atoms with E-state index in [0.29, 0.717) is 19.0 Å². The number of benzene rings is 2. The Morgan fingerprint density at radius 1 is 1.06 bits per heavy atom. The van der Waals surface area contributed by atoms with Crippen molar-refractivity contribution in [2.24, 2.45) is 12.0 Å². The third kappa shape index (κ3) is 8.03. The van der Waals surface area contributed by atoms with E-state index in [2.05, 4.69) is 46.0 Å². The molecule has 0 fully saturated rings. The van der Waals surface area contributed by atoms with Crippen molar-refractivity contribution in [3.63, 3.8) is 0 Å². The maximum absolute atomic E-state index is 6.13. The number of aliphatic imine (C=N–C) groups is 1. The summed E-state index contributed by atoms with van der Waals surface area (Å²) < 4.78 is 8.10. The highest BCUT2D eigenvalue weighted by Crippen LogP contribution is 2.23. The zero-order valence-electron chi connectivity index (χ0n) is 20.3. The molecule has 7 nitrogen and oxygen atoms in total. The van der Waals surface area contributed by atoms with Crippen molar-refractivity contribution in [1.29, 1.82) is 0 Å². The first kappa shape index (κ1) is 26.6. The van der Waals surface area contributed by atoms with Gasteiger partial charge in [0.25, 0.3) is 0 Å². The molecule has 2 N–H and O–H groups in total. The van der Waals surface area contributed by atoms with Crippen LogP contribution in [0.15, 0.2) is 59.6 Å². The summed E-state index contributed by atoms with van der Waals surface area (Å²) in [7, 11) is 1.96. The van der Waals surface area contributed by atoms with Gasteiger partial charge in [-0.1, -0.05) is 48.5 Å². The highest BCUT2D eigenvalue weighted by Gasteiger charge is 2.15. The Bertz CT molecular complexity index is 1040.